The van der Waals surface area contributed by atoms with Crippen LogP contribution in [0.1, 0.15) is 20.8 Å². The van der Waals surface area contributed by atoms with Crippen LogP contribution in [0.25, 0.3) is 0 Å². The van der Waals surface area contributed by atoms with Crippen LogP contribution in [0.5, 0.6) is 0 Å². The Morgan fingerprint density at radius 1 is 0.560 bits per heavy atom. The zero-order valence-corrected chi connectivity index (χ0v) is 27.3. The molecule has 0 aliphatic carbocycles. The largest absolute Gasteiger partial charge is 0.394 e. The molecule has 0 spiro atoms. The van der Waals surface area contributed by atoms with Gasteiger partial charge in [0.1, 0.15) is 91.4 Å². The van der Waals surface area contributed by atoms with Gasteiger partial charge in [0, 0.05) is 13.8 Å². The van der Waals surface area contributed by atoms with Crippen LogP contribution in [0.3, 0.4) is 0 Å². The fourth-order valence-electron chi connectivity index (χ4n) is 6.20. The van der Waals surface area contributed by atoms with E-state index >= 15 is 0 Å². The van der Waals surface area contributed by atoms with Gasteiger partial charge in [0.25, 0.3) is 0 Å². The third kappa shape index (κ3) is 8.87. The number of aliphatic hydroxyl groups excluding tert-OH is 11. The van der Waals surface area contributed by atoms with E-state index in [0.29, 0.717) is 0 Å². The lowest BCUT2D eigenvalue weighted by Crippen LogP contribution is -2.70. The molecule has 0 aromatic carbocycles. The molecule has 4 aliphatic rings. The molecule has 0 saturated carbocycles. The molecule has 4 saturated heterocycles. The lowest BCUT2D eigenvalue weighted by molar-refractivity contribution is -0.363. The molecule has 0 unspecified atom stereocenters. The summed E-state index contributed by atoms with van der Waals surface area (Å²) in [5, 5.41) is 119. The molecule has 13 N–H and O–H groups in total. The van der Waals surface area contributed by atoms with Crippen LogP contribution < -0.4 is 10.6 Å². The van der Waals surface area contributed by atoms with E-state index in [9.17, 15) is 65.8 Å². The molecule has 0 radical (unpaired) electrons. The van der Waals surface area contributed by atoms with Gasteiger partial charge < -0.3 is 100.0 Å². The Balaban J connectivity index is 1.58. The average molecular weight is 733 g/mol. The van der Waals surface area contributed by atoms with Crippen LogP contribution in [0, 0.1) is 0 Å². The summed E-state index contributed by atoms with van der Waals surface area (Å²) < 4.78 is 39.5. The topological polar surface area (TPSA) is 345 Å². The molecule has 22 nitrogen and oxygen atoms in total. The molecular weight excluding hydrogens is 684 g/mol. The van der Waals surface area contributed by atoms with Crippen LogP contribution >= 0.6 is 0 Å². The van der Waals surface area contributed by atoms with Crippen LogP contribution in [0.2, 0.25) is 0 Å². The molecule has 22 heteroatoms. The molecule has 0 bridgehead atoms. The highest BCUT2D eigenvalue weighted by Gasteiger charge is 2.54. The van der Waals surface area contributed by atoms with E-state index in [1.54, 1.807) is 0 Å². The Morgan fingerprint density at radius 2 is 1.06 bits per heavy atom. The van der Waals surface area contributed by atoms with Gasteiger partial charge in [-0.1, -0.05) is 0 Å². The number of hydrogen-bond acceptors (Lipinski definition) is 20. The molecule has 290 valence electrons. The van der Waals surface area contributed by atoms with Crippen LogP contribution in [-0.2, 0) is 42.7 Å². The van der Waals surface area contributed by atoms with Gasteiger partial charge in [-0.2, -0.15) is 0 Å². The summed E-state index contributed by atoms with van der Waals surface area (Å²) in [7, 11) is 0. The van der Waals surface area contributed by atoms with E-state index in [1.807, 2.05) is 0 Å². The maximum absolute atomic E-state index is 12.3. The first kappa shape index (κ1) is 41.0. The Bertz CT molecular complexity index is 1120. The molecule has 4 heterocycles. The van der Waals surface area contributed by atoms with E-state index in [1.165, 1.54) is 6.92 Å². The minimum atomic E-state index is -1.90. The molecule has 2 amide bonds. The number of carbonyl (C=O) groups excluding carboxylic acids is 2. The summed E-state index contributed by atoms with van der Waals surface area (Å²) in [6.45, 7) is 1.27. The second-order valence-electron chi connectivity index (χ2n) is 12.6. The normalized spacial score (nSPS) is 48.5. The monoisotopic (exact) mass is 732 g/mol. The number of carbonyl (C=O) groups is 2. The predicted octanol–water partition coefficient (Wildman–Crippen LogP) is -8.43. The molecule has 50 heavy (non-hydrogen) atoms. The molecule has 0 aromatic rings. The van der Waals surface area contributed by atoms with Gasteiger partial charge in [-0.15, -0.1) is 0 Å². The van der Waals surface area contributed by atoms with Gasteiger partial charge >= 0.3 is 0 Å². The second-order valence-corrected chi connectivity index (χ2v) is 12.6. The smallest absolute Gasteiger partial charge is 0.217 e. The maximum Gasteiger partial charge on any atom is 0.217 e. The van der Waals surface area contributed by atoms with Gasteiger partial charge in [-0.05, 0) is 6.92 Å². The van der Waals surface area contributed by atoms with Gasteiger partial charge in [0.2, 0.25) is 11.8 Å². The fourth-order valence-corrected chi connectivity index (χ4v) is 6.20. The summed E-state index contributed by atoms with van der Waals surface area (Å²) in [6, 6.07) is -3.09. The average Bonchev–Trinajstić information content (AvgIpc) is 3.06. The third-order valence-corrected chi connectivity index (χ3v) is 8.95. The lowest BCUT2D eigenvalue weighted by atomic mass is 9.94. The van der Waals surface area contributed by atoms with Crippen molar-refractivity contribution in [3.05, 3.63) is 0 Å². The van der Waals surface area contributed by atoms with Crippen molar-refractivity contribution in [1.29, 1.82) is 0 Å². The van der Waals surface area contributed by atoms with Gasteiger partial charge in [-0.3, -0.25) is 9.59 Å². The zero-order valence-electron chi connectivity index (χ0n) is 27.3. The van der Waals surface area contributed by atoms with Crippen molar-refractivity contribution in [3.63, 3.8) is 0 Å². The van der Waals surface area contributed by atoms with Crippen LogP contribution in [0.15, 0.2) is 0 Å². The highest BCUT2D eigenvalue weighted by Crippen LogP contribution is 2.33. The number of amides is 2. The summed E-state index contributed by atoms with van der Waals surface area (Å²) in [5.41, 5.74) is 0. The summed E-state index contributed by atoms with van der Waals surface area (Å²) in [4.78, 5) is 24.1. The minimum Gasteiger partial charge on any atom is -0.394 e. The van der Waals surface area contributed by atoms with Crippen molar-refractivity contribution in [2.45, 2.75) is 143 Å². The standard InChI is InChI=1S/C28H48N2O20/c1-7-15(35)19(39)21(41)27(45-7)44-6-12-24(17(37)13(25(43)46-12)29-8(2)33)49-26-14(30-9(3)34)18(38)23(11(5-32)48-26)50-28-22(42)20(40)16(36)10(4-31)47-28/h7,10-28,31-32,35-43H,4-6H2,1-3H3,(H,29,33)(H,30,34)/t7-,10+,11+,12+,13+,14+,15+,16+,17+,18+,19+,20-,21-,22-,23+,24+,25+,26+,27-,28-/m0/s1. The molecule has 0 aromatic heterocycles. The summed E-state index contributed by atoms with van der Waals surface area (Å²) in [6.07, 6.45) is -29.6. The van der Waals surface area contributed by atoms with Crippen LogP contribution in [0.4, 0.5) is 0 Å². The first-order chi connectivity index (χ1) is 23.5. The van der Waals surface area contributed by atoms with Gasteiger partial charge in [0.15, 0.2) is 25.2 Å². The Morgan fingerprint density at radius 3 is 1.66 bits per heavy atom. The highest BCUT2D eigenvalue weighted by atomic mass is 16.8. The Hall–Kier alpha value is -1.78. The Labute approximate surface area is 285 Å². The fraction of sp³-hybridized carbons (Fsp3) is 0.929. The molecule has 20 atom stereocenters. The molecule has 4 rings (SSSR count). The summed E-state index contributed by atoms with van der Waals surface area (Å²) in [5.74, 6) is -1.41. The van der Waals surface area contributed by atoms with Crippen molar-refractivity contribution in [3.8, 4) is 0 Å². The molecule has 4 aliphatic heterocycles. The first-order valence-electron chi connectivity index (χ1n) is 15.9. The number of nitrogens with one attached hydrogen (secondary N) is 2. The second kappa shape index (κ2) is 17.4. The van der Waals surface area contributed by atoms with Crippen molar-refractivity contribution in [2.24, 2.45) is 0 Å². The number of ether oxygens (including phenoxy) is 7. The van der Waals surface area contributed by atoms with Crippen molar-refractivity contribution in [1.82, 2.24) is 10.6 Å². The number of rotatable bonds is 11. The maximum atomic E-state index is 12.3. The minimum absolute atomic E-state index is 0.630. The van der Waals surface area contributed by atoms with Gasteiger partial charge in [-0.25, -0.2) is 0 Å². The van der Waals surface area contributed by atoms with E-state index < -0.39 is 154 Å². The Kier molecular flexibility index (Phi) is 14.2. The molecular formula is C28H48N2O20. The number of aliphatic hydroxyl groups is 11. The van der Waals surface area contributed by atoms with E-state index in [4.69, 9.17) is 33.2 Å². The third-order valence-electron chi connectivity index (χ3n) is 8.95. The van der Waals surface area contributed by atoms with E-state index in [2.05, 4.69) is 10.6 Å². The first-order valence-corrected chi connectivity index (χ1v) is 15.9. The van der Waals surface area contributed by atoms with Crippen molar-refractivity contribution in [2.75, 3.05) is 19.8 Å². The molecule has 4 fully saturated rings. The SMILES string of the molecule is CC(=O)N[C@@H]1[C@@H](O)[C@H](O[C@H]2O[C@H](CO)[C@@H](O[C@@H]3O[C@H](CO)[C@@H](O)[C@H](O)[C@@H]3O)[C@H](O)[C@H]2NC(C)=O)[C@@H](CO[C@H]2O[C@@H](C)[C@@H](O)[C@@H](O)[C@@H]2O)O[C@H]1O. The number of hydrogen-bond donors (Lipinski definition) is 13. The van der Waals surface area contributed by atoms with Crippen LogP contribution in [-0.4, -0.2) is 211 Å². The summed E-state index contributed by atoms with van der Waals surface area (Å²) >= 11 is 0. The van der Waals surface area contributed by atoms with E-state index in [0.717, 1.165) is 13.8 Å². The predicted molar refractivity (Wildman–Crippen MR) is 156 cm³/mol. The van der Waals surface area contributed by atoms with Crippen molar-refractivity contribution < 1.29 is 98.9 Å². The zero-order chi connectivity index (χ0) is 37.2. The lowest BCUT2D eigenvalue weighted by Gasteiger charge is -2.49. The van der Waals surface area contributed by atoms with Crippen molar-refractivity contribution >= 4 is 11.8 Å². The van der Waals surface area contributed by atoms with E-state index in [-0.39, 0.29) is 0 Å². The quantitative estimate of drug-likeness (QED) is 0.0938. The highest BCUT2D eigenvalue weighted by molar-refractivity contribution is 5.73. The van der Waals surface area contributed by atoms with Gasteiger partial charge in [0.05, 0.1) is 25.9 Å².